The minimum absolute atomic E-state index is 0.132. The van der Waals surface area contributed by atoms with Gasteiger partial charge in [-0.25, -0.2) is 4.79 Å². The summed E-state index contributed by atoms with van der Waals surface area (Å²) in [5.74, 6) is -0.00897. The predicted molar refractivity (Wildman–Crippen MR) is 155 cm³/mol. The predicted octanol–water partition coefficient (Wildman–Crippen LogP) is 5.55. The summed E-state index contributed by atoms with van der Waals surface area (Å²) in [6.07, 6.45) is 9.46. The van der Waals surface area contributed by atoms with Gasteiger partial charge in [0.2, 0.25) is 5.91 Å². The van der Waals surface area contributed by atoms with Crippen LogP contribution < -0.4 is 5.32 Å². The number of amides is 2. The number of carbonyl (C=O) groups excluding carboxylic acids is 3. The van der Waals surface area contributed by atoms with Crippen LogP contribution in [0.15, 0.2) is 66.9 Å². The van der Waals surface area contributed by atoms with Crippen molar-refractivity contribution in [2.45, 2.75) is 58.2 Å². The van der Waals surface area contributed by atoms with Crippen molar-refractivity contribution >= 4 is 34.9 Å². The number of hydrogen-bond donors (Lipinski definition) is 1. The molecule has 1 atom stereocenters. The molecule has 8 nitrogen and oxygen atoms in total. The maximum Gasteiger partial charge on any atom is 0.410 e. The van der Waals surface area contributed by atoms with Gasteiger partial charge in [0.1, 0.15) is 6.61 Å². The Morgan fingerprint density at radius 1 is 1.05 bits per heavy atom. The number of carbonyl (C=O) groups is 3. The first-order chi connectivity index (χ1) is 19.4. The molecule has 2 heterocycles. The lowest BCUT2D eigenvalue weighted by Crippen LogP contribution is -2.38. The number of piperidine rings is 1. The van der Waals surface area contributed by atoms with E-state index in [2.05, 4.69) is 33.0 Å². The lowest BCUT2D eigenvalue weighted by atomic mass is 9.92. The van der Waals surface area contributed by atoms with E-state index in [1.807, 2.05) is 53.4 Å². The van der Waals surface area contributed by atoms with Crippen LogP contribution in [0.25, 0.3) is 17.0 Å². The normalized spacial score (nSPS) is 14.8. The third kappa shape index (κ3) is 8.21. The minimum atomic E-state index is -0.355. The minimum Gasteiger partial charge on any atom is -0.469 e. The smallest absolute Gasteiger partial charge is 0.410 e. The van der Waals surface area contributed by atoms with Gasteiger partial charge in [-0.3, -0.25) is 9.59 Å². The molecule has 4 rings (SSSR count). The van der Waals surface area contributed by atoms with Crippen molar-refractivity contribution in [2.75, 3.05) is 20.2 Å². The molecular weight excluding hydrogens is 506 g/mol. The quantitative estimate of drug-likeness (QED) is 0.252. The summed E-state index contributed by atoms with van der Waals surface area (Å²) in [4.78, 5) is 38.1. The van der Waals surface area contributed by atoms with Crippen molar-refractivity contribution in [3.63, 3.8) is 0 Å². The van der Waals surface area contributed by atoms with Gasteiger partial charge in [0, 0.05) is 54.4 Å². The van der Waals surface area contributed by atoms with Crippen molar-refractivity contribution in [3.8, 4) is 0 Å². The fraction of sp³-hybridized carbons (Fsp3) is 0.406. The molecule has 0 radical (unpaired) electrons. The monoisotopic (exact) mass is 545 g/mol. The summed E-state index contributed by atoms with van der Waals surface area (Å²) in [6.45, 7) is 4.44. The van der Waals surface area contributed by atoms with E-state index in [0.717, 1.165) is 67.3 Å². The van der Waals surface area contributed by atoms with Crippen LogP contribution in [-0.2, 0) is 32.2 Å². The first-order valence-electron chi connectivity index (χ1n) is 14.0. The number of likely N-dealkylation sites (tertiary alicyclic amines) is 1. The van der Waals surface area contributed by atoms with Gasteiger partial charge < -0.3 is 24.3 Å². The van der Waals surface area contributed by atoms with Gasteiger partial charge in [0.15, 0.2) is 0 Å². The van der Waals surface area contributed by atoms with Gasteiger partial charge in [0.25, 0.3) is 0 Å². The first-order valence-corrected chi connectivity index (χ1v) is 14.0. The van der Waals surface area contributed by atoms with Gasteiger partial charge in [-0.2, -0.15) is 0 Å². The lowest BCUT2D eigenvalue weighted by Gasteiger charge is -2.31. The zero-order chi connectivity index (χ0) is 28.3. The van der Waals surface area contributed by atoms with E-state index in [9.17, 15) is 14.4 Å². The molecule has 1 aliphatic rings. The Labute approximate surface area is 235 Å². The molecule has 2 aromatic carbocycles. The molecule has 1 aromatic heterocycles. The molecule has 1 fully saturated rings. The topological polar surface area (TPSA) is 89.9 Å². The number of esters is 1. The number of hydrogen-bond acceptors (Lipinski definition) is 5. The Bertz CT molecular complexity index is 1310. The number of nitrogens with one attached hydrogen (secondary N) is 1. The first kappa shape index (κ1) is 28.9. The van der Waals surface area contributed by atoms with E-state index >= 15 is 0 Å². The number of aromatic nitrogens is 1. The van der Waals surface area contributed by atoms with Crippen LogP contribution in [0.4, 0.5) is 4.79 Å². The van der Waals surface area contributed by atoms with Gasteiger partial charge in [0.05, 0.1) is 13.5 Å². The van der Waals surface area contributed by atoms with Crippen LogP contribution in [0.3, 0.4) is 0 Å². The second-order valence-electron chi connectivity index (χ2n) is 10.4. The van der Waals surface area contributed by atoms with Crippen molar-refractivity contribution in [3.05, 3.63) is 78.0 Å². The summed E-state index contributed by atoms with van der Waals surface area (Å²) in [5, 5.41) is 3.89. The zero-order valence-electron chi connectivity index (χ0n) is 23.4. The summed E-state index contributed by atoms with van der Waals surface area (Å²) < 4.78 is 12.4. The molecule has 1 N–H and O–H groups in total. The zero-order valence-corrected chi connectivity index (χ0v) is 23.4. The van der Waals surface area contributed by atoms with E-state index in [-0.39, 0.29) is 30.4 Å². The molecular formula is C32H39N3O5. The second kappa shape index (κ2) is 14.4. The molecule has 8 heteroatoms. The molecule has 1 saturated heterocycles. The van der Waals surface area contributed by atoms with Crippen LogP contribution in [-0.4, -0.2) is 53.7 Å². The van der Waals surface area contributed by atoms with E-state index in [4.69, 9.17) is 4.74 Å². The summed E-state index contributed by atoms with van der Waals surface area (Å²) >= 11 is 0. The molecule has 40 heavy (non-hydrogen) atoms. The molecule has 0 saturated carbocycles. The Morgan fingerprint density at radius 3 is 2.52 bits per heavy atom. The molecule has 0 aliphatic carbocycles. The largest absolute Gasteiger partial charge is 0.469 e. The van der Waals surface area contributed by atoms with Crippen LogP contribution in [0.5, 0.6) is 0 Å². The third-order valence-corrected chi connectivity index (χ3v) is 7.41. The molecule has 0 spiro atoms. The van der Waals surface area contributed by atoms with Crippen molar-refractivity contribution in [1.29, 1.82) is 0 Å². The Morgan fingerprint density at radius 2 is 1.77 bits per heavy atom. The highest BCUT2D eigenvalue weighted by Crippen LogP contribution is 2.26. The Hall–Kier alpha value is -4.07. The fourth-order valence-electron chi connectivity index (χ4n) is 5.20. The van der Waals surface area contributed by atoms with Crippen LogP contribution >= 0.6 is 0 Å². The summed E-state index contributed by atoms with van der Waals surface area (Å²) in [7, 11) is 1.34. The fourth-order valence-corrected chi connectivity index (χ4v) is 5.20. The number of ether oxygens (including phenoxy) is 2. The van der Waals surface area contributed by atoms with Gasteiger partial charge in [-0.1, -0.05) is 48.5 Å². The van der Waals surface area contributed by atoms with Gasteiger partial charge in [-0.15, -0.1) is 0 Å². The average Bonchev–Trinajstić information content (AvgIpc) is 3.33. The molecule has 3 aromatic rings. The molecule has 0 bridgehead atoms. The molecule has 212 valence electrons. The van der Waals surface area contributed by atoms with Crippen molar-refractivity contribution < 1.29 is 23.9 Å². The average molecular weight is 546 g/mol. The van der Waals surface area contributed by atoms with Crippen LogP contribution in [0, 0.1) is 5.92 Å². The maximum absolute atomic E-state index is 12.5. The maximum atomic E-state index is 12.5. The highest BCUT2D eigenvalue weighted by molar-refractivity contribution is 5.96. The standard InChI is InChI=1S/C32H39N3O5/c1-24(21-31(37)39-2)33-30(36)15-14-27-22-35(29-13-7-6-12-28(27)29)18-8-11-25-16-19-34(20-17-25)32(38)40-23-26-9-4-3-5-10-26/h3-7,9-10,12-15,22,24-25H,8,11,16-21,23H2,1-2H3,(H,33,36)/b15-14+. The van der Waals surface area contributed by atoms with Crippen LogP contribution in [0.1, 0.15) is 50.2 Å². The van der Waals surface area contributed by atoms with E-state index in [1.54, 1.807) is 6.92 Å². The van der Waals surface area contributed by atoms with Crippen LogP contribution in [0.2, 0.25) is 0 Å². The molecule has 2 amide bonds. The molecule has 1 aliphatic heterocycles. The number of para-hydroxylation sites is 1. The highest BCUT2D eigenvalue weighted by atomic mass is 16.6. The number of aryl methyl sites for hydroxylation is 1. The summed E-state index contributed by atoms with van der Waals surface area (Å²) in [5.41, 5.74) is 3.11. The summed E-state index contributed by atoms with van der Waals surface area (Å²) in [6, 6.07) is 17.6. The number of fused-ring (bicyclic) bond motifs is 1. The third-order valence-electron chi connectivity index (χ3n) is 7.41. The van der Waals surface area contributed by atoms with E-state index in [1.165, 1.54) is 13.2 Å². The van der Waals surface area contributed by atoms with Crippen molar-refractivity contribution in [2.24, 2.45) is 5.92 Å². The number of benzene rings is 2. The SMILES string of the molecule is COC(=O)CC(C)NC(=O)/C=C/c1cn(CCCC2CCN(C(=O)OCc3ccccc3)CC2)c2ccccc12. The van der Waals surface area contributed by atoms with Gasteiger partial charge >= 0.3 is 12.1 Å². The Balaban J connectivity index is 1.24. The van der Waals surface area contributed by atoms with E-state index < -0.39 is 0 Å². The second-order valence-corrected chi connectivity index (χ2v) is 10.4. The number of nitrogens with zero attached hydrogens (tertiary/aromatic N) is 2. The highest BCUT2D eigenvalue weighted by Gasteiger charge is 2.23. The van der Waals surface area contributed by atoms with Gasteiger partial charge in [-0.05, 0) is 56.2 Å². The Kier molecular flexibility index (Phi) is 10.4. The van der Waals surface area contributed by atoms with E-state index in [0.29, 0.717) is 12.5 Å². The molecule has 1 unspecified atom stereocenters. The lowest BCUT2D eigenvalue weighted by molar-refractivity contribution is -0.141. The number of methoxy groups -OCH3 is 1. The number of rotatable bonds is 11. The van der Waals surface area contributed by atoms with Crippen molar-refractivity contribution in [1.82, 2.24) is 14.8 Å².